The third-order valence-corrected chi connectivity index (χ3v) is 3.82. The molecule has 0 rings (SSSR count). The Morgan fingerprint density at radius 2 is 1.32 bits per heavy atom. The van der Waals surface area contributed by atoms with E-state index in [0.29, 0.717) is 26.1 Å². The number of hydrogen-bond acceptors (Lipinski definition) is 6. The van der Waals surface area contributed by atoms with Crippen molar-refractivity contribution < 1.29 is 23.9 Å². The number of nitrogens with two attached hydrogens (primary N) is 1. The highest BCUT2D eigenvalue weighted by Gasteiger charge is 2.30. The smallest absolute Gasteiger partial charge is 0.409 e. The molecule has 0 aromatic heterocycles. The second-order valence-corrected chi connectivity index (χ2v) is 6.26. The Hall–Kier alpha value is -1.74. The molecule has 0 spiro atoms. The van der Waals surface area contributed by atoms with Gasteiger partial charge in [0.15, 0.2) is 12.5 Å². The van der Waals surface area contributed by atoms with E-state index in [0.717, 1.165) is 25.7 Å². The molecule has 0 heterocycles. The molecule has 0 radical (unpaired) electrons. The Labute approximate surface area is 174 Å². The van der Waals surface area contributed by atoms with Crippen molar-refractivity contribution in [2.75, 3.05) is 19.6 Å². The van der Waals surface area contributed by atoms with E-state index in [4.69, 9.17) is 15.2 Å². The van der Waals surface area contributed by atoms with Gasteiger partial charge in [-0.15, -0.1) is 12.4 Å². The molecule has 4 N–H and O–H groups in total. The Bertz CT molecular complexity index is 424. The topological polar surface area (TPSA) is 123 Å². The van der Waals surface area contributed by atoms with Gasteiger partial charge in [0.2, 0.25) is 5.91 Å². The quantitative estimate of drug-likeness (QED) is 0.308. The maximum absolute atomic E-state index is 12.5. The van der Waals surface area contributed by atoms with Crippen LogP contribution in [0.15, 0.2) is 0 Å². The average Bonchev–Trinajstić information content (AvgIpc) is 2.60. The highest BCUT2D eigenvalue weighted by molar-refractivity contribution is 5.85. The van der Waals surface area contributed by atoms with Crippen LogP contribution in [0.25, 0.3) is 0 Å². The summed E-state index contributed by atoms with van der Waals surface area (Å²) in [4.78, 5) is 37.5. The zero-order valence-corrected chi connectivity index (χ0v) is 18.3. The normalized spacial score (nSPS) is 12.2. The molecule has 0 aromatic carbocycles. The van der Waals surface area contributed by atoms with Gasteiger partial charge in [0.25, 0.3) is 0 Å². The van der Waals surface area contributed by atoms with E-state index in [1.807, 2.05) is 13.8 Å². The van der Waals surface area contributed by atoms with Crippen LogP contribution in [0.2, 0.25) is 0 Å². The second-order valence-electron chi connectivity index (χ2n) is 6.26. The van der Waals surface area contributed by atoms with Crippen molar-refractivity contribution in [1.82, 2.24) is 15.5 Å². The lowest BCUT2D eigenvalue weighted by molar-refractivity contribution is -0.156. The fraction of sp³-hybridized carbons (Fsp3) is 0.833. The maximum atomic E-state index is 12.5. The summed E-state index contributed by atoms with van der Waals surface area (Å²) in [6.45, 7) is 8.50. The third-order valence-electron chi connectivity index (χ3n) is 3.82. The molecule has 0 bridgehead atoms. The van der Waals surface area contributed by atoms with E-state index in [1.165, 1.54) is 4.90 Å². The minimum absolute atomic E-state index is 0. The van der Waals surface area contributed by atoms with E-state index in [9.17, 15) is 14.4 Å². The van der Waals surface area contributed by atoms with Crippen molar-refractivity contribution in [3.05, 3.63) is 0 Å². The van der Waals surface area contributed by atoms with Crippen LogP contribution in [-0.4, -0.2) is 55.1 Å². The van der Waals surface area contributed by atoms with E-state index < -0.39 is 24.6 Å². The summed E-state index contributed by atoms with van der Waals surface area (Å²) in [5.41, 5.74) is 5.47. The van der Waals surface area contributed by atoms with Crippen molar-refractivity contribution in [2.24, 2.45) is 5.73 Å². The molecular formula is C18H37ClN4O5. The average molecular weight is 425 g/mol. The van der Waals surface area contributed by atoms with Crippen LogP contribution in [0.1, 0.15) is 66.2 Å². The predicted octanol–water partition coefficient (Wildman–Crippen LogP) is 2.72. The summed E-state index contributed by atoms with van der Waals surface area (Å²) < 4.78 is 10.5. The number of nitrogens with one attached hydrogen (secondary N) is 2. The van der Waals surface area contributed by atoms with Crippen molar-refractivity contribution in [3.8, 4) is 0 Å². The van der Waals surface area contributed by atoms with Gasteiger partial charge < -0.3 is 25.8 Å². The summed E-state index contributed by atoms with van der Waals surface area (Å²) in [5.74, 6) is -0.303. The van der Waals surface area contributed by atoms with Gasteiger partial charge in [-0.2, -0.15) is 0 Å². The van der Waals surface area contributed by atoms with Gasteiger partial charge in [-0.05, 0) is 39.7 Å². The molecule has 0 aliphatic carbocycles. The second kappa shape index (κ2) is 17.4. The molecule has 28 heavy (non-hydrogen) atoms. The van der Waals surface area contributed by atoms with Crippen molar-refractivity contribution in [2.45, 2.75) is 78.7 Å². The number of nitrogens with zero attached hydrogens (tertiary/aromatic N) is 1. The summed E-state index contributed by atoms with van der Waals surface area (Å²) in [6, 6.07) is 0. The molecule has 166 valence electrons. The molecule has 0 fully saturated rings. The van der Waals surface area contributed by atoms with Crippen molar-refractivity contribution in [3.63, 3.8) is 0 Å². The fourth-order valence-corrected chi connectivity index (χ4v) is 2.32. The third kappa shape index (κ3) is 12.6. The number of hydrogen-bond donors (Lipinski definition) is 3. The first-order valence-corrected chi connectivity index (χ1v) is 9.77. The summed E-state index contributed by atoms with van der Waals surface area (Å²) in [5, 5.41) is 5.25. The number of halogens is 1. The molecule has 0 aromatic rings. The lowest BCUT2D eigenvalue weighted by Crippen LogP contribution is -2.50. The molecule has 10 heteroatoms. The highest BCUT2D eigenvalue weighted by Crippen LogP contribution is 2.12. The zero-order valence-electron chi connectivity index (χ0n) is 17.5. The molecule has 2 atom stereocenters. The Balaban J connectivity index is 0. The number of ether oxygens (including phenoxy) is 2. The standard InChI is InChI=1S/C18H36N4O5.ClH/c1-5-7-12-20-17(24)26-14(3)22(16(23)10-9-11-19)15(4)27-18(25)21-13-8-6-2;/h14-15H,5-13,19H2,1-4H3,(H,20,24)(H,21,25);1H. The first-order chi connectivity index (χ1) is 12.9. The summed E-state index contributed by atoms with van der Waals surface area (Å²) >= 11 is 0. The lowest BCUT2D eigenvalue weighted by atomic mass is 10.2. The first-order valence-electron chi connectivity index (χ1n) is 9.77. The van der Waals surface area contributed by atoms with Crippen LogP contribution in [0, 0.1) is 0 Å². The number of unbranched alkanes of at least 4 members (excludes halogenated alkanes) is 2. The molecule has 3 amide bonds. The van der Waals surface area contributed by atoms with Crippen LogP contribution < -0.4 is 16.4 Å². The number of carbonyl (C=O) groups is 3. The van der Waals surface area contributed by atoms with Gasteiger partial charge in [-0.25, -0.2) is 9.59 Å². The summed E-state index contributed by atoms with van der Waals surface area (Å²) in [7, 11) is 0. The van der Waals surface area contributed by atoms with E-state index in [1.54, 1.807) is 13.8 Å². The minimum Gasteiger partial charge on any atom is -0.426 e. The van der Waals surface area contributed by atoms with E-state index in [-0.39, 0.29) is 24.7 Å². The molecule has 0 saturated carbocycles. The number of alkyl carbamates (subject to hydrolysis) is 2. The van der Waals surface area contributed by atoms with Gasteiger partial charge in [-0.3, -0.25) is 9.69 Å². The molecule has 0 aliphatic heterocycles. The molecular weight excluding hydrogens is 388 g/mol. The predicted molar refractivity (Wildman–Crippen MR) is 110 cm³/mol. The number of carbonyl (C=O) groups excluding carboxylic acids is 3. The van der Waals surface area contributed by atoms with Gasteiger partial charge in [0, 0.05) is 19.5 Å². The molecule has 9 nitrogen and oxygen atoms in total. The van der Waals surface area contributed by atoms with Crippen molar-refractivity contribution in [1.29, 1.82) is 0 Å². The Morgan fingerprint density at radius 1 is 0.893 bits per heavy atom. The van der Waals surface area contributed by atoms with Crippen LogP contribution in [0.4, 0.5) is 9.59 Å². The van der Waals surface area contributed by atoms with Crippen LogP contribution in [0.5, 0.6) is 0 Å². The molecule has 0 aliphatic rings. The van der Waals surface area contributed by atoms with E-state index in [2.05, 4.69) is 10.6 Å². The molecule has 0 saturated heterocycles. The molecule has 2 unspecified atom stereocenters. The summed E-state index contributed by atoms with van der Waals surface area (Å²) in [6.07, 6.45) is 1.19. The van der Waals surface area contributed by atoms with Gasteiger partial charge in [0.1, 0.15) is 0 Å². The van der Waals surface area contributed by atoms with E-state index >= 15 is 0 Å². The lowest BCUT2D eigenvalue weighted by Gasteiger charge is -2.33. The number of amides is 3. The monoisotopic (exact) mass is 424 g/mol. The highest BCUT2D eigenvalue weighted by atomic mass is 35.5. The van der Waals surface area contributed by atoms with Gasteiger partial charge in [-0.1, -0.05) is 26.7 Å². The number of rotatable bonds is 13. The Kier molecular flexibility index (Phi) is 17.7. The van der Waals surface area contributed by atoms with Gasteiger partial charge >= 0.3 is 12.2 Å². The minimum atomic E-state index is -0.893. The maximum Gasteiger partial charge on any atom is 0.409 e. The zero-order chi connectivity index (χ0) is 20.7. The van der Waals surface area contributed by atoms with Crippen LogP contribution >= 0.6 is 12.4 Å². The fourth-order valence-electron chi connectivity index (χ4n) is 2.32. The van der Waals surface area contributed by atoms with Crippen LogP contribution in [0.3, 0.4) is 0 Å². The first kappa shape index (κ1) is 28.5. The largest absolute Gasteiger partial charge is 0.426 e. The van der Waals surface area contributed by atoms with Crippen molar-refractivity contribution >= 4 is 30.5 Å². The Morgan fingerprint density at radius 3 is 1.68 bits per heavy atom. The SMILES string of the molecule is CCCCNC(=O)OC(C)N(C(=O)CCCN)C(C)OC(=O)NCCCC.Cl. The van der Waals surface area contributed by atoms with Gasteiger partial charge in [0.05, 0.1) is 0 Å². The van der Waals surface area contributed by atoms with Crippen LogP contribution in [-0.2, 0) is 14.3 Å².